The van der Waals surface area contributed by atoms with E-state index in [4.69, 9.17) is 0 Å². The van der Waals surface area contributed by atoms with Crippen LogP contribution in [0.3, 0.4) is 0 Å². The Hall–Kier alpha value is -5.28. The average Bonchev–Trinajstić information content (AvgIpc) is 3.63. The third-order valence-corrected chi connectivity index (χ3v) is 17.8. The molecule has 3 aliphatic carbocycles. The van der Waals surface area contributed by atoms with Crippen LogP contribution in [0, 0.1) is 0 Å². The third-order valence-electron chi connectivity index (χ3n) is 17.8. The number of hydrogen-bond acceptors (Lipinski definition) is 1. The predicted molar refractivity (Wildman–Crippen MR) is 282 cm³/mol. The van der Waals surface area contributed by atoms with Crippen LogP contribution in [0.15, 0.2) is 103 Å². The number of nitrogens with zero attached hydrogens (tertiary/aromatic N) is 1. The van der Waals surface area contributed by atoms with Gasteiger partial charge in [-0.05, 0) is 162 Å². The Bertz CT molecular complexity index is 3380. The highest BCUT2D eigenvalue weighted by atomic mass is 15.0. The van der Waals surface area contributed by atoms with Gasteiger partial charge in [0.05, 0.1) is 5.52 Å². The lowest BCUT2D eigenvalue weighted by Gasteiger charge is -2.43. The van der Waals surface area contributed by atoms with Crippen LogP contribution in [0.25, 0.3) is 60.2 Å². The van der Waals surface area contributed by atoms with Gasteiger partial charge < -0.3 is 9.88 Å². The number of aromatic nitrogens is 1. The number of benzene rings is 7. The molecule has 2 heterocycles. The standard InChI is InChI=1S/C62H66BN2/c1-57(2)25-26-58(3,4)44-31-37(22-24-43(44)57)64-50-34-47-45(59(5,6)27-29-61(47,9)10)32-42(50)52-39-19-15-16-20-40(39)53-41-23-21-36-17-13-14-18-38(36)55(41)65-51-35-48-46(33-49(51)63-54(52)56(53)65)60(7,8)28-30-62(48,11)12/h13-24,31-35,64H,25-30H2,1-12H3. The molecule has 12 rings (SSSR count). The van der Waals surface area contributed by atoms with E-state index in [1.807, 2.05) is 0 Å². The first-order valence-corrected chi connectivity index (χ1v) is 24.7. The minimum atomic E-state index is 0.0400. The van der Waals surface area contributed by atoms with Crippen molar-refractivity contribution in [1.29, 1.82) is 0 Å². The molecule has 0 fully saturated rings. The van der Waals surface area contributed by atoms with Crippen LogP contribution in [0.5, 0.6) is 0 Å². The summed E-state index contributed by atoms with van der Waals surface area (Å²) in [5.41, 5.74) is 21.1. The molecular formula is C62H66BN2. The van der Waals surface area contributed by atoms with Crippen molar-refractivity contribution in [2.75, 3.05) is 5.32 Å². The normalized spacial score (nSPS) is 20.2. The molecule has 8 aromatic rings. The minimum Gasteiger partial charge on any atom is -0.355 e. The summed E-state index contributed by atoms with van der Waals surface area (Å²) < 4.78 is 2.71. The van der Waals surface area contributed by atoms with Gasteiger partial charge in [-0.2, -0.15) is 0 Å². The average molecular weight is 850 g/mol. The number of anilines is 2. The van der Waals surface area contributed by atoms with Gasteiger partial charge in [0.25, 0.3) is 0 Å². The summed E-state index contributed by atoms with van der Waals surface area (Å²) in [5.74, 6) is 0. The van der Waals surface area contributed by atoms with Gasteiger partial charge >= 0.3 is 0 Å². The molecule has 0 saturated carbocycles. The number of fused-ring (bicyclic) bond motifs is 12. The first kappa shape index (κ1) is 41.2. The van der Waals surface area contributed by atoms with Gasteiger partial charge in [0.15, 0.2) is 7.28 Å². The van der Waals surface area contributed by atoms with E-state index in [-0.39, 0.29) is 32.5 Å². The van der Waals surface area contributed by atoms with Gasteiger partial charge in [-0.3, -0.25) is 0 Å². The van der Waals surface area contributed by atoms with Crippen molar-refractivity contribution in [1.82, 2.24) is 4.57 Å². The van der Waals surface area contributed by atoms with Crippen LogP contribution in [0.1, 0.15) is 155 Å². The van der Waals surface area contributed by atoms with E-state index < -0.39 is 0 Å². The van der Waals surface area contributed by atoms with Gasteiger partial charge in [-0.1, -0.05) is 161 Å². The van der Waals surface area contributed by atoms with Crippen LogP contribution in [-0.4, -0.2) is 11.8 Å². The van der Waals surface area contributed by atoms with Gasteiger partial charge in [0, 0.05) is 44.3 Å². The van der Waals surface area contributed by atoms with Crippen LogP contribution in [0.2, 0.25) is 0 Å². The van der Waals surface area contributed by atoms with Crippen molar-refractivity contribution >= 4 is 72.9 Å². The van der Waals surface area contributed by atoms with Gasteiger partial charge in [0.2, 0.25) is 0 Å². The summed E-state index contributed by atoms with van der Waals surface area (Å²) in [6, 6.07) is 40.9. The van der Waals surface area contributed by atoms with Crippen molar-refractivity contribution in [3.63, 3.8) is 0 Å². The SMILES string of the molecule is CC1(C)CCC(C)(C)c2cc(Nc3cc4c(cc3-c3c5c6c(c7ccccc37)c3ccc7ccccc7c3n6-c3cc6c(cc3[B]5)C(C)(C)CCC6(C)C)C(C)(C)CCC4(C)C)ccc21. The molecule has 3 heteroatoms. The van der Waals surface area contributed by atoms with Crippen molar-refractivity contribution in [2.45, 2.75) is 154 Å². The molecule has 65 heavy (non-hydrogen) atoms. The Morgan fingerprint density at radius 1 is 0.446 bits per heavy atom. The van der Waals surface area contributed by atoms with E-state index in [1.165, 1.54) is 154 Å². The van der Waals surface area contributed by atoms with Crippen LogP contribution >= 0.6 is 0 Å². The van der Waals surface area contributed by atoms with Gasteiger partial charge in [-0.15, -0.1) is 0 Å². The summed E-state index contributed by atoms with van der Waals surface area (Å²) in [6.07, 6.45) is 7.11. The highest BCUT2D eigenvalue weighted by Gasteiger charge is 2.42. The molecule has 1 aromatic heterocycles. The molecule has 0 saturated heterocycles. The number of nitrogens with one attached hydrogen (secondary N) is 1. The van der Waals surface area contributed by atoms with E-state index in [1.54, 1.807) is 0 Å². The lowest BCUT2D eigenvalue weighted by atomic mass is 9.55. The van der Waals surface area contributed by atoms with Gasteiger partial charge in [0.1, 0.15) is 0 Å². The fourth-order valence-corrected chi connectivity index (χ4v) is 13.3. The zero-order valence-corrected chi connectivity index (χ0v) is 41.1. The summed E-state index contributed by atoms with van der Waals surface area (Å²) in [5, 5.41) is 12.1. The molecule has 0 unspecified atom stereocenters. The van der Waals surface area contributed by atoms with E-state index in [2.05, 4.69) is 203 Å². The monoisotopic (exact) mass is 850 g/mol. The highest BCUT2D eigenvalue weighted by molar-refractivity contribution is 6.74. The molecule has 1 aliphatic heterocycles. The van der Waals surface area contributed by atoms with E-state index >= 15 is 0 Å². The van der Waals surface area contributed by atoms with Crippen LogP contribution in [-0.2, 0) is 32.5 Å². The van der Waals surface area contributed by atoms with Crippen LogP contribution < -0.4 is 16.2 Å². The fraction of sp³-hybridized carbons (Fsp3) is 0.387. The van der Waals surface area contributed by atoms with E-state index in [0.29, 0.717) is 0 Å². The maximum Gasteiger partial charge on any atom is 0.197 e. The molecule has 0 atom stereocenters. The molecular weight excluding hydrogens is 784 g/mol. The van der Waals surface area contributed by atoms with Crippen molar-refractivity contribution in [3.8, 4) is 16.8 Å². The lowest BCUT2D eigenvalue weighted by molar-refractivity contribution is 0.332. The van der Waals surface area contributed by atoms with Crippen molar-refractivity contribution in [3.05, 3.63) is 137 Å². The molecule has 0 bridgehead atoms. The second kappa shape index (κ2) is 13.2. The third kappa shape index (κ3) is 5.85. The van der Waals surface area contributed by atoms with Gasteiger partial charge in [-0.25, -0.2) is 0 Å². The molecule has 7 aromatic carbocycles. The minimum absolute atomic E-state index is 0.0400. The largest absolute Gasteiger partial charge is 0.355 e. The fourth-order valence-electron chi connectivity index (χ4n) is 13.3. The molecule has 4 aliphatic rings. The Balaban J connectivity index is 1.22. The second-order valence-electron chi connectivity index (χ2n) is 24.8. The summed E-state index contributed by atoms with van der Waals surface area (Å²) in [4.78, 5) is 0. The second-order valence-corrected chi connectivity index (χ2v) is 24.8. The summed E-state index contributed by atoms with van der Waals surface area (Å²) in [6.45, 7) is 29.5. The Morgan fingerprint density at radius 2 is 0.969 bits per heavy atom. The molecule has 1 radical (unpaired) electrons. The molecule has 2 nitrogen and oxygen atoms in total. The Morgan fingerprint density at radius 3 is 1.62 bits per heavy atom. The quantitative estimate of drug-likeness (QED) is 0.175. The molecule has 327 valence electrons. The first-order valence-electron chi connectivity index (χ1n) is 24.7. The molecule has 0 amide bonds. The Kier molecular flexibility index (Phi) is 8.37. The predicted octanol–water partition coefficient (Wildman–Crippen LogP) is 15.5. The highest BCUT2D eigenvalue weighted by Crippen LogP contribution is 2.53. The lowest BCUT2D eigenvalue weighted by Crippen LogP contribution is -2.41. The number of hydrogen-bond donors (Lipinski definition) is 1. The van der Waals surface area contributed by atoms with E-state index in [9.17, 15) is 0 Å². The zero-order valence-electron chi connectivity index (χ0n) is 41.1. The number of rotatable bonds is 3. The summed E-state index contributed by atoms with van der Waals surface area (Å²) in [7, 11) is 2.60. The van der Waals surface area contributed by atoms with Crippen LogP contribution in [0.4, 0.5) is 11.4 Å². The first-order chi connectivity index (χ1) is 30.7. The maximum absolute atomic E-state index is 4.21. The molecule has 1 N–H and O–H groups in total. The summed E-state index contributed by atoms with van der Waals surface area (Å²) >= 11 is 0. The Labute approximate surface area is 388 Å². The smallest absolute Gasteiger partial charge is 0.197 e. The van der Waals surface area contributed by atoms with Crippen molar-refractivity contribution < 1.29 is 0 Å². The van der Waals surface area contributed by atoms with Crippen molar-refractivity contribution in [2.24, 2.45) is 0 Å². The van der Waals surface area contributed by atoms with E-state index in [0.717, 1.165) is 0 Å². The maximum atomic E-state index is 4.21. The molecule has 0 spiro atoms. The topological polar surface area (TPSA) is 17.0 Å². The zero-order chi connectivity index (χ0) is 45.4.